The molecular weight excluding hydrogens is 260 g/mol. The summed E-state index contributed by atoms with van der Waals surface area (Å²) in [4.78, 5) is 24.5. The third kappa shape index (κ3) is 3.81. The van der Waals surface area contributed by atoms with Gasteiger partial charge in [0.1, 0.15) is 0 Å². The van der Waals surface area contributed by atoms with E-state index in [1.54, 1.807) is 13.8 Å². The molecule has 0 saturated carbocycles. The van der Waals surface area contributed by atoms with Crippen LogP contribution in [0.5, 0.6) is 0 Å². The minimum atomic E-state index is -0.332. The lowest BCUT2D eigenvalue weighted by Gasteiger charge is -2.30. The number of ketones is 2. The Labute approximate surface area is 129 Å². The van der Waals surface area contributed by atoms with Gasteiger partial charge in [0.05, 0.1) is 0 Å². The Kier molecular flexibility index (Phi) is 4.82. The van der Waals surface area contributed by atoms with Gasteiger partial charge in [0.2, 0.25) is 0 Å². The van der Waals surface area contributed by atoms with Gasteiger partial charge in [-0.3, -0.25) is 9.59 Å². The molecule has 0 aromatic rings. The number of carbonyl (C=O) groups excluding carboxylic acids is 2. The highest BCUT2D eigenvalue weighted by Crippen LogP contribution is 2.37. The average molecular weight is 288 g/mol. The Morgan fingerprint density at radius 3 is 2.05 bits per heavy atom. The molecule has 0 N–H and O–H groups in total. The average Bonchev–Trinajstić information content (AvgIpc) is 2.36. The Bertz CT molecular complexity index is 561. The first-order valence-corrected chi connectivity index (χ1v) is 7.54. The Hall–Kier alpha value is -1.44. The molecule has 0 aromatic carbocycles. The van der Waals surface area contributed by atoms with Crippen LogP contribution in [0.1, 0.15) is 61.8 Å². The lowest BCUT2D eigenvalue weighted by atomic mass is 9.73. The van der Waals surface area contributed by atoms with Crippen LogP contribution >= 0.6 is 0 Å². The molecule has 0 aliphatic heterocycles. The van der Waals surface area contributed by atoms with E-state index in [9.17, 15) is 9.59 Å². The number of hydrogen-bond donors (Lipinski definition) is 0. The molecule has 1 aliphatic rings. The van der Waals surface area contributed by atoms with Gasteiger partial charge >= 0.3 is 0 Å². The van der Waals surface area contributed by atoms with Gasteiger partial charge in [-0.2, -0.15) is 0 Å². The second-order valence-corrected chi connectivity index (χ2v) is 7.73. The van der Waals surface area contributed by atoms with Crippen LogP contribution in [0.4, 0.5) is 0 Å². The van der Waals surface area contributed by atoms with Crippen LogP contribution in [0.15, 0.2) is 34.4 Å². The number of Topliss-reactive ketones (excluding diaryl/α,β-unsaturated/α-hetero) is 1. The molecule has 0 aromatic heterocycles. The molecule has 0 saturated heterocycles. The second-order valence-electron chi connectivity index (χ2n) is 7.73. The first-order chi connectivity index (χ1) is 9.38. The van der Waals surface area contributed by atoms with Gasteiger partial charge in [-0.1, -0.05) is 46.3 Å². The zero-order valence-electron chi connectivity index (χ0n) is 14.7. The summed E-state index contributed by atoms with van der Waals surface area (Å²) in [5.41, 5.74) is 2.88. The van der Waals surface area contributed by atoms with E-state index >= 15 is 0 Å². The van der Waals surface area contributed by atoms with E-state index in [-0.39, 0.29) is 22.4 Å². The first-order valence-electron chi connectivity index (χ1n) is 7.54. The smallest absolute Gasteiger partial charge is 0.185 e. The number of hydrogen-bond acceptors (Lipinski definition) is 2. The molecule has 1 aliphatic carbocycles. The predicted octanol–water partition coefficient (Wildman–Crippen LogP) is 4.81. The van der Waals surface area contributed by atoms with Crippen molar-refractivity contribution in [1.29, 1.82) is 0 Å². The topological polar surface area (TPSA) is 34.1 Å². The highest BCUT2D eigenvalue weighted by molar-refractivity contribution is 6.22. The molecule has 0 spiro atoms. The molecule has 0 radical (unpaired) electrons. The van der Waals surface area contributed by atoms with Crippen molar-refractivity contribution >= 4 is 11.6 Å². The highest BCUT2D eigenvalue weighted by atomic mass is 16.1. The fourth-order valence-electron chi connectivity index (χ4n) is 2.19. The molecule has 0 atom stereocenters. The van der Waals surface area contributed by atoms with Gasteiger partial charge < -0.3 is 0 Å². The molecule has 0 bridgehead atoms. The second kappa shape index (κ2) is 5.75. The van der Waals surface area contributed by atoms with Crippen molar-refractivity contribution in [3.63, 3.8) is 0 Å². The first kappa shape index (κ1) is 17.6. The summed E-state index contributed by atoms with van der Waals surface area (Å²) >= 11 is 0. The molecule has 2 heteroatoms. The Morgan fingerprint density at radius 1 is 1.05 bits per heavy atom. The molecule has 0 fully saturated rings. The molecule has 0 unspecified atom stereocenters. The van der Waals surface area contributed by atoms with E-state index in [0.29, 0.717) is 16.7 Å². The normalized spacial score (nSPS) is 18.3. The predicted molar refractivity (Wildman–Crippen MR) is 88.1 cm³/mol. The van der Waals surface area contributed by atoms with Gasteiger partial charge in [0.25, 0.3) is 0 Å². The minimum absolute atomic E-state index is 0.0129. The van der Waals surface area contributed by atoms with Gasteiger partial charge in [-0.15, -0.1) is 0 Å². The van der Waals surface area contributed by atoms with Crippen LogP contribution in [0.3, 0.4) is 0 Å². The van der Waals surface area contributed by atoms with Gasteiger partial charge in [-0.05, 0) is 44.1 Å². The Balaban J connectivity index is 3.08. The van der Waals surface area contributed by atoms with Crippen LogP contribution in [0.25, 0.3) is 0 Å². The summed E-state index contributed by atoms with van der Waals surface area (Å²) in [5.74, 6) is -0.0226. The number of carbonyl (C=O) groups is 2. The molecule has 0 amide bonds. The summed E-state index contributed by atoms with van der Waals surface area (Å²) in [6.45, 7) is 16.2. The van der Waals surface area contributed by atoms with Crippen LogP contribution in [-0.4, -0.2) is 11.6 Å². The highest BCUT2D eigenvalue weighted by Gasteiger charge is 2.33. The zero-order chi connectivity index (χ0) is 16.6. The maximum atomic E-state index is 12.5. The summed E-state index contributed by atoms with van der Waals surface area (Å²) in [6.07, 6.45) is 4.48. The molecule has 116 valence electrons. The quantitative estimate of drug-likeness (QED) is 0.551. The van der Waals surface area contributed by atoms with E-state index in [2.05, 4.69) is 33.8 Å². The molecule has 0 heterocycles. The van der Waals surface area contributed by atoms with Crippen molar-refractivity contribution in [1.82, 2.24) is 0 Å². The summed E-state index contributed by atoms with van der Waals surface area (Å²) < 4.78 is 0. The summed E-state index contributed by atoms with van der Waals surface area (Å²) in [7, 11) is 0. The summed E-state index contributed by atoms with van der Waals surface area (Å²) in [6, 6.07) is 0. The third-order valence-corrected chi connectivity index (χ3v) is 4.62. The van der Waals surface area contributed by atoms with Crippen molar-refractivity contribution in [2.75, 3.05) is 0 Å². The van der Waals surface area contributed by atoms with Crippen LogP contribution in [0.2, 0.25) is 0 Å². The lowest BCUT2D eigenvalue weighted by molar-refractivity contribution is -0.116. The summed E-state index contributed by atoms with van der Waals surface area (Å²) in [5, 5.41) is 0. The van der Waals surface area contributed by atoms with E-state index in [0.717, 1.165) is 6.42 Å². The van der Waals surface area contributed by atoms with Crippen molar-refractivity contribution in [3.8, 4) is 0 Å². The minimum Gasteiger partial charge on any atom is -0.290 e. The lowest BCUT2D eigenvalue weighted by Crippen LogP contribution is -2.27. The monoisotopic (exact) mass is 288 g/mol. The van der Waals surface area contributed by atoms with Gasteiger partial charge in [0, 0.05) is 16.7 Å². The fraction of sp³-hybridized carbons (Fsp3) is 0.579. The molecular formula is C19H28O2. The molecule has 2 nitrogen and oxygen atoms in total. The van der Waals surface area contributed by atoms with Crippen LogP contribution in [0, 0.1) is 10.8 Å². The van der Waals surface area contributed by atoms with Gasteiger partial charge in [-0.25, -0.2) is 0 Å². The standard InChI is InChI=1S/C19H28O2/c1-12(18(4,5)6)9-10-19(7,8)15-11-16(20)13(2)14(3)17(15)21/h9,11H,10H2,1-8H3/b12-9+. The third-order valence-electron chi connectivity index (χ3n) is 4.62. The van der Waals surface area contributed by atoms with Gasteiger partial charge in [0.15, 0.2) is 11.6 Å². The maximum Gasteiger partial charge on any atom is 0.185 e. The van der Waals surface area contributed by atoms with E-state index < -0.39 is 0 Å². The van der Waals surface area contributed by atoms with E-state index in [4.69, 9.17) is 0 Å². The van der Waals surface area contributed by atoms with Crippen molar-refractivity contribution in [3.05, 3.63) is 34.4 Å². The van der Waals surface area contributed by atoms with Crippen LogP contribution in [-0.2, 0) is 9.59 Å². The SMILES string of the molecule is CC1=C(C)C(=O)C(C(C)(C)C/C=C(\C)C(C)(C)C)=CC1=O. The largest absolute Gasteiger partial charge is 0.290 e. The van der Waals surface area contributed by atoms with Crippen molar-refractivity contribution < 1.29 is 9.59 Å². The zero-order valence-corrected chi connectivity index (χ0v) is 14.7. The van der Waals surface area contributed by atoms with Crippen molar-refractivity contribution in [2.45, 2.75) is 61.8 Å². The van der Waals surface area contributed by atoms with E-state index in [1.165, 1.54) is 11.6 Å². The number of allylic oxidation sites excluding steroid dienone is 6. The number of rotatable bonds is 3. The maximum absolute atomic E-state index is 12.5. The van der Waals surface area contributed by atoms with E-state index in [1.807, 2.05) is 13.8 Å². The van der Waals surface area contributed by atoms with Crippen molar-refractivity contribution in [2.24, 2.45) is 10.8 Å². The Morgan fingerprint density at radius 2 is 1.57 bits per heavy atom. The molecule has 21 heavy (non-hydrogen) atoms. The fourth-order valence-corrected chi connectivity index (χ4v) is 2.19. The van der Waals surface area contributed by atoms with Crippen LogP contribution < -0.4 is 0 Å². The molecule has 1 rings (SSSR count).